The van der Waals surface area contributed by atoms with Crippen LogP contribution in [0, 0.1) is 5.92 Å². The zero-order valence-corrected chi connectivity index (χ0v) is 22.7. The summed E-state index contributed by atoms with van der Waals surface area (Å²) in [6, 6.07) is 14.2. The van der Waals surface area contributed by atoms with Gasteiger partial charge in [-0.25, -0.2) is 9.31 Å². The van der Waals surface area contributed by atoms with Crippen molar-refractivity contribution in [2.75, 3.05) is 63.9 Å². The Morgan fingerprint density at radius 3 is 2.39 bits per heavy atom. The Hall–Kier alpha value is -3.10. The van der Waals surface area contributed by atoms with Gasteiger partial charge in [-0.2, -0.15) is 5.10 Å². The van der Waals surface area contributed by atoms with Crippen molar-refractivity contribution >= 4 is 17.2 Å². The molecule has 3 aliphatic heterocycles. The summed E-state index contributed by atoms with van der Waals surface area (Å²) in [4.78, 5) is 19.4. The highest BCUT2D eigenvalue weighted by Crippen LogP contribution is 2.32. The van der Waals surface area contributed by atoms with E-state index in [1.165, 1.54) is 48.3 Å². The zero-order valence-electron chi connectivity index (χ0n) is 22.7. The Morgan fingerprint density at radius 2 is 1.74 bits per heavy atom. The van der Waals surface area contributed by atoms with E-state index in [9.17, 15) is 4.79 Å². The SMILES string of the molecule is CC(C)N1CCC(c2ccc(-c3cc4c(N5CCN(C(=O)NCC6COC6)CC5)ccnn4c3)cc2)CC1. The van der Waals surface area contributed by atoms with Crippen LogP contribution < -0.4 is 10.2 Å². The summed E-state index contributed by atoms with van der Waals surface area (Å²) in [6.07, 6.45) is 6.48. The van der Waals surface area contributed by atoms with E-state index in [1.54, 1.807) is 0 Å². The molecule has 5 heterocycles. The molecule has 0 bridgehead atoms. The molecule has 2 amide bonds. The lowest BCUT2D eigenvalue weighted by molar-refractivity contribution is -0.0297. The van der Waals surface area contributed by atoms with Gasteiger partial charge in [0.1, 0.15) is 0 Å². The number of hydrogen-bond donors (Lipinski definition) is 1. The van der Waals surface area contributed by atoms with E-state index in [-0.39, 0.29) is 6.03 Å². The number of carbonyl (C=O) groups excluding carboxylic acids is 1. The number of urea groups is 1. The van der Waals surface area contributed by atoms with Crippen molar-refractivity contribution in [2.24, 2.45) is 5.92 Å². The third-order valence-electron chi connectivity index (χ3n) is 8.62. The first-order chi connectivity index (χ1) is 18.5. The van der Waals surface area contributed by atoms with Crippen molar-refractivity contribution in [2.45, 2.75) is 38.6 Å². The van der Waals surface area contributed by atoms with Crippen molar-refractivity contribution in [3.63, 3.8) is 0 Å². The maximum atomic E-state index is 12.6. The summed E-state index contributed by atoms with van der Waals surface area (Å²) in [7, 11) is 0. The number of piperidine rings is 1. The van der Waals surface area contributed by atoms with E-state index in [0.717, 1.165) is 31.8 Å². The Morgan fingerprint density at radius 1 is 1.00 bits per heavy atom. The fraction of sp³-hybridized carbons (Fsp3) is 0.533. The fourth-order valence-electron chi connectivity index (χ4n) is 6.02. The number of nitrogens with zero attached hydrogens (tertiary/aromatic N) is 5. The molecular weight excluding hydrogens is 476 g/mol. The standard InChI is InChI=1S/C30H40N6O2/c1-22(2)33-11-8-26(9-12-33)24-3-5-25(6-4-24)27-17-29-28(7-10-32-36(29)19-27)34-13-15-35(16-14-34)30(37)31-18-23-20-38-21-23/h3-7,10,17,19,22-23,26H,8-9,11-16,18,20-21H2,1-2H3,(H,31,37). The minimum absolute atomic E-state index is 0.0373. The molecule has 0 saturated carbocycles. The topological polar surface area (TPSA) is 65.3 Å². The van der Waals surface area contributed by atoms with Crippen molar-refractivity contribution < 1.29 is 9.53 Å². The number of carbonyl (C=O) groups is 1. The molecule has 3 aromatic rings. The first-order valence-electron chi connectivity index (χ1n) is 14.2. The summed E-state index contributed by atoms with van der Waals surface area (Å²) in [5.74, 6) is 1.13. The maximum absolute atomic E-state index is 12.6. The average Bonchev–Trinajstić information content (AvgIpc) is 3.37. The lowest BCUT2D eigenvalue weighted by Gasteiger charge is -2.36. The third-order valence-corrected chi connectivity index (χ3v) is 8.62. The molecule has 0 radical (unpaired) electrons. The first-order valence-corrected chi connectivity index (χ1v) is 14.2. The predicted octanol–water partition coefficient (Wildman–Crippen LogP) is 4.07. The number of fused-ring (bicyclic) bond motifs is 1. The molecular formula is C30H40N6O2. The van der Waals surface area contributed by atoms with Crippen LogP contribution in [0.3, 0.4) is 0 Å². The van der Waals surface area contributed by atoms with Crippen molar-refractivity contribution in [3.8, 4) is 11.1 Å². The first kappa shape index (κ1) is 25.2. The summed E-state index contributed by atoms with van der Waals surface area (Å²) in [6.45, 7) is 12.2. The van der Waals surface area contributed by atoms with Crippen LogP contribution in [-0.2, 0) is 4.74 Å². The Balaban J connectivity index is 1.10. The van der Waals surface area contributed by atoms with Gasteiger partial charge in [0, 0.05) is 62.6 Å². The van der Waals surface area contributed by atoms with Gasteiger partial charge in [-0.15, -0.1) is 0 Å². The highest BCUT2D eigenvalue weighted by molar-refractivity contribution is 5.80. The number of rotatable bonds is 6. The van der Waals surface area contributed by atoms with Crippen LogP contribution in [0.25, 0.3) is 16.6 Å². The number of anilines is 1. The number of benzene rings is 1. The van der Waals surface area contributed by atoms with Crippen LogP contribution in [0.5, 0.6) is 0 Å². The fourth-order valence-corrected chi connectivity index (χ4v) is 6.02. The molecule has 3 saturated heterocycles. The Bertz CT molecular complexity index is 1240. The lowest BCUT2D eigenvalue weighted by Crippen LogP contribution is -2.53. The van der Waals surface area contributed by atoms with E-state index in [2.05, 4.69) is 76.7 Å². The number of piperazine rings is 1. The second-order valence-corrected chi connectivity index (χ2v) is 11.4. The Labute approximate surface area is 225 Å². The number of ether oxygens (including phenoxy) is 1. The van der Waals surface area contributed by atoms with Gasteiger partial charge in [0.25, 0.3) is 0 Å². The van der Waals surface area contributed by atoms with Crippen LogP contribution in [-0.4, -0.2) is 90.5 Å². The second kappa shape index (κ2) is 10.9. The van der Waals surface area contributed by atoms with Gasteiger partial charge in [-0.05, 0) is 69.0 Å². The molecule has 8 heteroatoms. The predicted molar refractivity (Wildman–Crippen MR) is 151 cm³/mol. The number of nitrogens with one attached hydrogen (secondary N) is 1. The smallest absolute Gasteiger partial charge is 0.317 e. The molecule has 1 N–H and O–H groups in total. The van der Waals surface area contributed by atoms with E-state index >= 15 is 0 Å². The highest BCUT2D eigenvalue weighted by atomic mass is 16.5. The monoisotopic (exact) mass is 516 g/mol. The molecule has 0 atom stereocenters. The van der Waals surface area contributed by atoms with Crippen molar-refractivity contribution in [3.05, 3.63) is 54.4 Å². The van der Waals surface area contributed by atoms with Crippen molar-refractivity contribution in [1.82, 2.24) is 24.7 Å². The van der Waals surface area contributed by atoms with Gasteiger partial charge >= 0.3 is 6.03 Å². The molecule has 6 rings (SSSR count). The van der Waals surface area contributed by atoms with Crippen LogP contribution in [0.4, 0.5) is 10.5 Å². The van der Waals surface area contributed by atoms with Gasteiger partial charge in [0.15, 0.2) is 0 Å². The van der Waals surface area contributed by atoms with Crippen LogP contribution in [0.2, 0.25) is 0 Å². The molecule has 202 valence electrons. The van der Waals surface area contributed by atoms with Gasteiger partial charge < -0.3 is 24.8 Å². The van der Waals surface area contributed by atoms with E-state index < -0.39 is 0 Å². The van der Waals surface area contributed by atoms with Gasteiger partial charge in [-0.1, -0.05) is 24.3 Å². The zero-order chi connectivity index (χ0) is 26.1. The summed E-state index contributed by atoms with van der Waals surface area (Å²) < 4.78 is 7.19. The minimum atomic E-state index is 0.0373. The molecule has 0 spiro atoms. The highest BCUT2D eigenvalue weighted by Gasteiger charge is 2.25. The molecule has 38 heavy (non-hydrogen) atoms. The third kappa shape index (κ3) is 5.24. The number of aromatic nitrogens is 2. The van der Waals surface area contributed by atoms with Gasteiger partial charge in [0.2, 0.25) is 0 Å². The molecule has 2 aromatic heterocycles. The summed E-state index contributed by atoms with van der Waals surface area (Å²) >= 11 is 0. The van der Waals surface area contributed by atoms with E-state index in [1.807, 2.05) is 15.6 Å². The molecule has 3 aliphatic rings. The van der Waals surface area contributed by atoms with Crippen LogP contribution in [0.15, 0.2) is 48.8 Å². The van der Waals surface area contributed by atoms with E-state index in [4.69, 9.17) is 4.74 Å². The second-order valence-electron chi connectivity index (χ2n) is 11.4. The molecule has 3 fully saturated rings. The molecule has 1 aromatic carbocycles. The number of hydrogen-bond acceptors (Lipinski definition) is 5. The average molecular weight is 517 g/mol. The minimum Gasteiger partial charge on any atom is -0.381 e. The molecule has 0 aliphatic carbocycles. The van der Waals surface area contributed by atoms with Crippen molar-refractivity contribution in [1.29, 1.82) is 0 Å². The Kier molecular flexibility index (Phi) is 7.26. The quantitative estimate of drug-likeness (QED) is 0.535. The molecule has 0 unspecified atom stereocenters. The number of amides is 2. The van der Waals surface area contributed by atoms with Crippen LogP contribution >= 0.6 is 0 Å². The summed E-state index contributed by atoms with van der Waals surface area (Å²) in [5, 5.41) is 7.66. The summed E-state index contributed by atoms with van der Waals surface area (Å²) in [5.41, 5.74) is 6.15. The molecule has 8 nitrogen and oxygen atoms in total. The lowest BCUT2D eigenvalue weighted by atomic mass is 9.88. The van der Waals surface area contributed by atoms with Crippen LogP contribution in [0.1, 0.15) is 38.2 Å². The van der Waals surface area contributed by atoms with E-state index in [0.29, 0.717) is 37.5 Å². The van der Waals surface area contributed by atoms with Gasteiger partial charge in [0.05, 0.1) is 24.4 Å². The van der Waals surface area contributed by atoms with Gasteiger partial charge in [-0.3, -0.25) is 0 Å². The normalized spacial score (nSPS) is 19.8. The number of likely N-dealkylation sites (tertiary alicyclic amines) is 1. The maximum Gasteiger partial charge on any atom is 0.317 e. The largest absolute Gasteiger partial charge is 0.381 e.